The Morgan fingerprint density at radius 3 is 2.63 bits per heavy atom. The Balaban J connectivity index is 1.43. The molecule has 1 aliphatic heterocycles. The van der Waals surface area contributed by atoms with Crippen LogP contribution in [0.5, 0.6) is 0 Å². The summed E-state index contributed by atoms with van der Waals surface area (Å²) in [7, 11) is -3.64. The van der Waals surface area contributed by atoms with Crippen molar-refractivity contribution in [1.29, 1.82) is 0 Å². The van der Waals surface area contributed by atoms with E-state index in [1.165, 1.54) is 10.4 Å². The van der Waals surface area contributed by atoms with Crippen LogP contribution in [0.1, 0.15) is 35.4 Å². The minimum Gasteiger partial charge on any atom is -0.411 e. The highest BCUT2D eigenvalue weighted by atomic mass is 32.2. The maximum atomic E-state index is 13.5. The van der Waals surface area contributed by atoms with Crippen molar-refractivity contribution in [2.24, 2.45) is 28.0 Å². The summed E-state index contributed by atoms with van der Waals surface area (Å²) in [5.74, 6) is 0.578. The Kier molecular flexibility index (Phi) is 5.60. The van der Waals surface area contributed by atoms with Crippen molar-refractivity contribution < 1.29 is 22.6 Å². The van der Waals surface area contributed by atoms with Gasteiger partial charge in [0.05, 0.1) is 0 Å². The van der Waals surface area contributed by atoms with Crippen LogP contribution >= 0.6 is 0 Å². The molecule has 2 aromatic rings. The molecule has 1 saturated heterocycles. The highest BCUT2D eigenvalue weighted by Crippen LogP contribution is 2.43. The lowest BCUT2D eigenvalue weighted by Crippen LogP contribution is -2.35. The van der Waals surface area contributed by atoms with Crippen molar-refractivity contribution in [3.63, 3.8) is 0 Å². The summed E-state index contributed by atoms with van der Waals surface area (Å²) < 4.78 is 42.9. The Morgan fingerprint density at radius 1 is 1.33 bits per heavy atom. The highest BCUT2D eigenvalue weighted by molar-refractivity contribution is 7.86. The van der Waals surface area contributed by atoms with Gasteiger partial charge in [-0.05, 0) is 66.3 Å². The van der Waals surface area contributed by atoms with Crippen molar-refractivity contribution in [3.8, 4) is 0 Å². The molecule has 11 heteroatoms. The topological polar surface area (TPSA) is 135 Å². The van der Waals surface area contributed by atoms with Gasteiger partial charge in [0, 0.05) is 19.5 Å². The Bertz CT molecular complexity index is 1060. The molecule has 2 atom stereocenters. The number of oxime groups is 1. The molecule has 1 aromatic carbocycles. The van der Waals surface area contributed by atoms with E-state index in [0.29, 0.717) is 48.1 Å². The number of halogens is 1. The number of hydrogen-bond acceptors (Lipinski definition) is 7. The van der Waals surface area contributed by atoms with Gasteiger partial charge in [-0.1, -0.05) is 22.4 Å². The van der Waals surface area contributed by atoms with Gasteiger partial charge in [0.15, 0.2) is 5.69 Å². The third-order valence-corrected chi connectivity index (χ3v) is 7.22. The summed E-state index contributed by atoms with van der Waals surface area (Å²) in [5.41, 5.74) is 2.59. The Hall–Kier alpha value is -2.37. The van der Waals surface area contributed by atoms with Gasteiger partial charge in [0.2, 0.25) is 0 Å². The average molecular weight is 437 g/mol. The van der Waals surface area contributed by atoms with Crippen LogP contribution in [0.15, 0.2) is 28.0 Å². The molecule has 162 valence electrons. The summed E-state index contributed by atoms with van der Waals surface area (Å²) >= 11 is 0. The predicted molar refractivity (Wildman–Crippen MR) is 106 cm³/mol. The van der Waals surface area contributed by atoms with Gasteiger partial charge in [0.25, 0.3) is 10.2 Å². The Labute approximate surface area is 173 Å². The number of aryl methyl sites for hydroxylation is 1. The van der Waals surface area contributed by atoms with Crippen molar-refractivity contribution in [2.75, 3.05) is 13.1 Å². The van der Waals surface area contributed by atoms with Crippen LogP contribution in [0.2, 0.25) is 0 Å². The van der Waals surface area contributed by atoms with Crippen molar-refractivity contribution in [2.45, 2.75) is 32.6 Å². The minimum absolute atomic E-state index is 0.262. The zero-order valence-corrected chi connectivity index (χ0v) is 17.3. The summed E-state index contributed by atoms with van der Waals surface area (Å²) in [4.78, 5) is 0. The fourth-order valence-electron chi connectivity index (χ4n) is 4.77. The molecule has 3 N–H and O–H groups in total. The lowest BCUT2D eigenvalue weighted by molar-refractivity contribution is 0.298. The molecule has 2 fully saturated rings. The number of aromatic nitrogens is 2. The van der Waals surface area contributed by atoms with Gasteiger partial charge in [-0.15, -0.1) is 0 Å². The number of fused-ring (bicyclic) bond motifs is 1. The first-order chi connectivity index (χ1) is 14.2. The van der Waals surface area contributed by atoms with Gasteiger partial charge in [-0.25, -0.2) is 14.2 Å². The summed E-state index contributed by atoms with van der Waals surface area (Å²) in [5, 5.41) is 26.1. The molecular formula is C19H24FN5O4S. The number of rotatable bonds is 6. The van der Waals surface area contributed by atoms with Crippen LogP contribution in [0.25, 0.3) is 0 Å². The van der Waals surface area contributed by atoms with E-state index in [4.69, 9.17) is 9.77 Å². The molecule has 9 nitrogen and oxygen atoms in total. The van der Waals surface area contributed by atoms with E-state index in [1.54, 1.807) is 19.1 Å². The van der Waals surface area contributed by atoms with E-state index < -0.39 is 10.2 Å². The van der Waals surface area contributed by atoms with Crippen molar-refractivity contribution in [3.05, 3.63) is 46.5 Å². The third-order valence-electron chi connectivity index (χ3n) is 6.20. The maximum Gasteiger partial charge on any atom is 0.276 e. The quantitative estimate of drug-likeness (QED) is 0.401. The lowest BCUT2D eigenvalue weighted by Gasteiger charge is -2.16. The first-order valence-electron chi connectivity index (χ1n) is 9.80. The fraction of sp³-hybridized carbons (Fsp3) is 0.526. The molecule has 0 spiro atoms. The van der Waals surface area contributed by atoms with E-state index in [0.717, 1.165) is 18.4 Å². The van der Waals surface area contributed by atoms with Crippen LogP contribution in [0, 0.1) is 30.5 Å². The molecule has 1 saturated carbocycles. The molecule has 0 bridgehead atoms. The average Bonchev–Trinajstić information content (AvgIpc) is 3.37. The van der Waals surface area contributed by atoms with Gasteiger partial charge in [-0.2, -0.15) is 12.7 Å². The monoisotopic (exact) mass is 437 g/mol. The molecule has 0 radical (unpaired) electrons. The van der Waals surface area contributed by atoms with Crippen LogP contribution in [0.4, 0.5) is 4.39 Å². The first kappa shape index (κ1) is 20.9. The van der Waals surface area contributed by atoms with E-state index in [-0.39, 0.29) is 24.1 Å². The second kappa shape index (κ2) is 8.05. The maximum absolute atomic E-state index is 13.5. The highest BCUT2D eigenvalue weighted by Gasteiger charge is 2.44. The van der Waals surface area contributed by atoms with Crippen LogP contribution < -0.4 is 5.14 Å². The fourth-order valence-corrected chi connectivity index (χ4v) is 5.56. The zero-order valence-electron chi connectivity index (χ0n) is 16.5. The van der Waals surface area contributed by atoms with Crippen molar-refractivity contribution >= 4 is 15.9 Å². The summed E-state index contributed by atoms with van der Waals surface area (Å²) in [6.45, 7) is 2.58. The Morgan fingerprint density at radius 2 is 2.03 bits per heavy atom. The molecule has 4 rings (SSSR count). The molecule has 0 amide bonds. The lowest BCUT2D eigenvalue weighted by atomic mass is 9.96. The number of benzene rings is 1. The first-order valence-corrected chi connectivity index (χ1v) is 11.3. The minimum atomic E-state index is -3.64. The van der Waals surface area contributed by atoms with E-state index >= 15 is 0 Å². The SMILES string of the molecule is Cc1cc(CC(=NO)c2nonc2CC2CC3CN(S(N)(=O)=O)CC3C2)ccc1F. The van der Waals surface area contributed by atoms with E-state index in [9.17, 15) is 18.0 Å². The number of nitrogens with zero attached hydrogens (tertiary/aromatic N) is 4. The molecule has 2 aliphatic rings. The molecule has 30 heavy (non-hydrogen) atoms. The third kappa shape index (κ3) is 4.23. The normalized spacial score (nSPS) is 25.0. The largest absolute Gasteiger partial charge is 0.411 e. The van der Waals surface area contributed by atoms with Gasteiger partial charge < -0.3 is 5.21 Å². The van der Waals surface area contributed by atoms with Crippen LogP contribution in [-0.2, 0) is 23.1 Å². The molecule has 1 aromatic heterocycles. The van der Waals surface area contributed by atoms with Crippen molar-refractivity contribution in [1.82, 2.24) is 14.6 Å². The zero-order chi connectivity index (χ0) is 21.5. The van der Waals surface area contributed by atoms with Gasteiger partial charge >= 0.3 is 0 Å². The second-order valence-electron chi connectivity index (χ2n) is 8.29. The standard InChI is InChI=1S/C19H24FN5O4S/c1-11-4-12(2-3-16(11)20)7-17(22-26)19-18(23-29-24-19)8-13-5-14-9-25(30(21,27)28)10-15(14)6-13/h2-4,13-15,26H,5-10H2,1H3,(H2,21,27,28). The molecular weight excluding hydrogens is 413 g/mol. The number of hydrogen-bond donors (Lipinski definition) is 2. The van der Waals surface area contributed by atoms with Gasteiger partial charge in [0.1, 0.15) is 17.2 Å². The summed E-state index contributed by atoms with van der Waals surface area (Å²) in [6.07, 6.45) is 2.60. The van der Waals surface area contributed by atoms with Crippen LogP contribution in [0.3, 0.4) is 0 Å². The smallest absolute Gasteiger partial charge is 0.276 e. The second-order valence-corrected chi connectivity index (χ2v) is 9.84. The van der Waals surface area contributed by atoms with Crippen LogP contribution in [-0.4, -0.2) is 47.0 Å². The predicted octanol–water partition coefficient (Wildman–Crippen LogP) is 1.64. The van der Waals surface area contributed by atoms with E-state index in [1.807, 2.05) is 0 Å². The number of nitrogens with two attached hydrogens (primary N) is 1. The molecule has 2 heterocycles. The molecule has 2 unspecified atom stereocenters. The van der Waals surface area contributed by atoms with E-state index in [2.05, 4.69) is 15.5 Å². The molecule has 1 aliphatic carbocycles. The summed E-state index contributed by atoms with van der Waals surface area (Å²) in [6, 6.07) is 4.71. The van der Waals surface area contributed by atoms with Gasteiger partial charge in [-0.3, -0.25) is 0 Å².